The SMILES string of the molecule is CCC(C(=O)NC1C=CC(C(=O)O)C1)c1ccccc1. The van der Waals surface area contributed by atoms with Crippen molar-refractivity contribution in [2.75, 3.05) is 0 Å². The first-order chi connectivity index (χ1) is 9.61. The maximum absolute atomic E-state index is 12.3. The molecule has 0 spiro atoms. The minimum Gasteiger partial charge on any atom is -0.481 e. The van der Waals surface area contributed by atoms with Crippen LogP contribution in [0.15, 0.2) is 42.5 Å². The average molecular weight is 273 g/mol. The molecule has 0 radical (unpaired) electrons. The molecule has 106 valence electrons. The number of carbonyl (C=O) groups is 2. The van der Waals surface area contributed by atoms with Crippen molar-refractivity contribution in [2.24, 2.45) is 5.92 Å². The highest BCUT2D eigenvalue weighted by atomic mass is 16.4. The highest BCUT2D eigenvalue weighted by Crippen LogP contribution is 2.22. The van der Waals surface area contributed by atoms with Gasteiger partial charge in [0.1, 0.15) is 0 Å². The van der Waals surface area contributed by atoms with Crippen molar-refractivity contribution in [1.82, 2.24) is 5.32 Å². The highest BCUT2D eigenvalue weighted by molar-refractivity contribution is 5.84. The second-order valence-corrected chi connectivity index (χ2v) is 5.05. The van der Waals surface area contributed by atoms with Crippen molar-refractivity contribution in [3.63, 3.8) is 0 Å². The quantitative estimate of drug-likeness (QED) is 0.809. The van der Waals surface area contributed by atoms with Gasteiger partial charge >= 0.3 is 5.97 Å². The topological polar surface area (TPSA) is 66.4 Å². The molecule has 0 aliphatic heterocycles. The van der Waals surface area contributed by atoms with Crippen LogP contribution in [0.1, 0.15) is 31.2 Å². The Kier molecular flexibility index (Phi) is 4.56. The molecule has 1 amide bonds. The summed E-state index contributed by atoms with van der Waals surface area (Å²) in [6.45, 7) is 1.97. The van der Waals surface area contributed by atoms with Crippen molar-refractivity contribution in [2.45, 2.75) is 31.7 Å². The van der Waals surface area contributed by atoms with Crippen molar-refractivity contribution in [3.8, 4) is 0 Å². The van der Waals surface area contributed by atoms with E-state index in [2.05, 4.69) is 5.32 Å². The maximum Gasteiger partial charge on any atom is 0.310 e. The van der Waals surface area contributed by atoms with E-state index < -0.39 is 11.9 Å². The summed E-state index contributed by atoms with van der Waals surface area (Å²) in [6.07, 6.45) is 4.58. The van der Waals surface area contributed by atoms with Crippen LogP contribution < -0.4 is 5.32 Å². The van der Waals surface area contributed by atoms with Crippen LogP contribution in [0.3, 0.4) is 0 Å². The van der Waals surface area contributed by atoms with Crippen LogP contribution in [-0.4, -0.2) is 23.0 Å². The van der Waals surface area contributed by atoms with Gasteiger partial charge in [-0.05, 0) is 18.4 Å². The number of carboxylic acids is 1. The van der Waals surface area contributed by atoms with Gasteiger partial charge in [0.25, 0.3) is 0 Å². The van der Waals surface area contributed by atoms with Crippen LogP contribution in [0, 0.1) is 5.92 Å². The van der Waals surface area contributed by atoms with E-state index in [1.54, 1.807) is 12.2 Å². The molecule has 1 aliphatic carbocycles. The number of carboxylic acid groups (broad SMARTS) is 1. The third-order valence-corrected chi connectivity index (χ3v) is 3.66. The van der Waals surface area contributed by atoms with Crippen molar-refractivity contribution in [1.29, 1.82) is 0 Å². The number of carbonyl (C=O) groups excluding carboxylic acids is 1. The molecule has 1 aromatic carbocycles. The van der Waals surface area contributed by atoms with Crippen LogP contribution in [0.5, 0.6) is 0 Å². The Balaban J connectivity index is 1.98. The first-order valence-electron chi connectivity index (χ1n) is 6.88. The molecule has 20 heavy (non-hydrogen) atoms. The van der Waals surface area contributed by atoms with Crippen molar-refractivity contribution >= 4 is 11.9 Å². The Morgan fingerprint density at radius 3 is 2.55 bits per heavy atom. The summed E-state index contributed by atoms with van der Waals surface area (Å²) in [4.78, 5) is 23.2. The lowest BCUT2D eigenvalue weighted by molar-refractivity contribution is -0.140. The smallest absolute Gasteiger partial charge is 0.310 e. The zero-order valence-electron chi connectivity index (χ0n) is 11.5. The van der Waals surface area contributed by atoms with Crippen LogP contribution in [0.25, 0.3) is 0 Å². The predicted octanol–water partition coefficient (Wildman–Crippen LogP) is 2.33. The van der Waals surface area contributed by atoms with Gasteiger partial charge in [-0.3, -0.25) is 9.59 Å². The molecule has 1 aliphatic rings. The molecule has 0 fully saturated rings. The van der Waals surface area contributed by atoms with E-state index in [0.29, 0.717) is 12.8 Å². The third kappa shape index (κ3) is 3.26. The Hall–Kier alpha value is -2.10. The van der Waals surface area contributed by atoms with Crippen LogP contribution in [0.4, 0.5) is 0 Å². The summed E-state index contributed by atoms with van der Waals surface area (Å²) in [5.74, 6) is -1.56. The van der Waals surface area contributed by atoms with E-state index in [1.165, 1.54) is 0 Å². The Labute approximate surface area is 118 Å². The lowest BCUT2D eigenvalue weighted by Gasteiger charge is -2.18. The first-order valence-corrected chi connectivity index (χ1v) is 6.88. The molecule has 0 saturated heterocycles. The van der Waals surface area contributed by atoms with Gasteiger partial charge in [-0.25, -0.2) is 0 Å². The number of benzene rings is 1. The van der Waals surface area contributed by atoms with Crippen molar-refractivity contribution < 1.29 is 14.7 Å². The van der Waals surface area contributed by atoms with Gasteiger partial charge < -0.3 is 10.4 Å². The van der Waals surface area contributed by atoms with E-state index >= 15 is 0 Å². The number of rotatable bonds is 5. The molecule has 2 N–H and O–H groups in total. The Morgan fingerprint density at radius 2 is 2.00 bits per heavy atom. The predicted molar refractivity (Wildman–Crippen MR) is 76.3 cm³/mol. The molecule has 4 heteroatoms. The van der Waals surface area contributed by atoms with Gasteiger partial charge in [0.2, 0.25) is 5.91 Å². The van der Waals surface area contributed by atoms with Gasteiger partial charge in [0.15, 0.2) is 0 Å². The van der Waals surface area contributed by atoms with Gasteiger partial charge in [0, 0.05) is 6.04 Å². The van der Waals surface area contributed by atoms with E-state index in [9.17, 15) is 9.59 Å². The normalized spacial score (nSPS) is 22.4. The third-order valence-electron chi connectivity index (χ3n) is 3.66. The fraction of sp³-hybridized carbons (Fsp3) is 0.375. The lowest BCUT2D eigenvalue weighted by Crippen LogP contribution is -2.36. The molecule has 0 heterocycles. The van der Waals surface area contributed by atoms with Crippen molar-refractivity contribution in [3.05, 3.63) is 48.0 Å². The van der Waals surface area contributed by atoms with E-state index in [1.807, 2.05) is 37.3 Å². The molecule has 3 atom stereocenters. The summed E-state index contributed by atoms with van der Waals surface area (Å²) in [5, 5.41) is 11.9. The van der Waals surface area contributed by atoms with Gasteiger partial charge in [-0.1, -0.05) is 49.4 Å². The zero-order valence-corrected chi connectivity index (χ0v) is 11.5. The lowest BCUT2D eigenvalue weighted by atomic mass is 9.95. The molecule has 3 unspecified atom stereocenters. The number of hydrogen-bond donors (Lipinski definition) is 2. The van der Waals surface area contributed by atoms with E-state index in [4.69, 9.17) is 5.11 Å². The fourth-order valence-corrected chi connectivity index (χ4v) is 2.53. The Bertz CT molecular complexity index is 510. The minimum absolute atomic E-state index is 0.0422. The number of hydrogen-bond acceptors (Lipinski definition) is 2. The van der Waals surface area contributed by atoms with Crippen LogP contribution in [0.2, 0.25) is 0 Å². The number of nitrogens with one attached hydrogen (secondary N) is 1. The second kappa shape index (κ2) is 6.37. The van der Waals surface area contributed by atoms with Gasteiger partial charge in [-0.2, -0.15) is 0 Å². The van der Waals surface area contributed by atoms with Crippen LogP contribution in [-0.2, 0) is 9.59 Å². The second-order valence-electron chi connectivity index (χ2n) is 5.05. The van der Waals surface area contributed by atoms with Gasteiger partial charge in [-0.15, -0.1) is 0 Å². The van der Waals surface area contributed by atoms with Gasteiger partial charge in [0.05, 0.1) is 11.8 Å². The van der Waals surface area contributed by atoms with E-state index in [-0.39, 0.29) is 17.9 Å². The zero-order chi connectivity index (χ0) is 14.5. The van der Waals surface area contributed by atoms with Crippen LogP contribution >= 0.6 is 0 Å². The monoisotopic (exact) mass is 273 g/mol. The molecule has 0 aromatic heterocycles. The summed E-state index contributed by atoms with van der Waals surface area (Å²) >= 11 is 0. The number of aliphatic carboxylic acids is 1. The summed E-state index contributed by atoms with van der Waals surface area (Å²) in [5.41, 5.74) is 0.990. The van der Waals surface area contributed by atoms with E-state index in [0.717, 1.165) is 5.56 Å². The summed E-state index contributed by atoms with van der Waals surface area (Å²) < 4.78 is 0. The number of amides is 1. The molecule has 0 saturated carbocycles. The Morgan fingerprint density at radius 1 is 1.30 bits per heavy atom. The first kappa shape index (κ1) is 14.3. The maximum atomic E-state index is 12.3. The minimum atomic E-state index is -0.840. The standard InChI is InChI=1S/C16H19NO3/c1-2-14(11-6-4-3-5-7-11)15(18)17-13-9-8-12(10-13)16(19)20/h3-9,12-14H,2,10H2,1H3,(H,17,18)(H,19,20). The molecular weight excluding hydrogens is 254 g/mol. The molecule has 0 bridgehead atoms. The fourth-order valence-electron chi connectivity index (χ4n) is 2.53. The molecule has 2 rings (SSSR count). The largest absolute Gasteiger partial charge is 0.481 e. The highest BCUT2D eigenvalue weighted by Gasteiger charge is 2.27. The average Bonchev–Trinajstić information content (AvgIpc) is 2.89. The molecule has 4 nitrogen and oxygen atoms in total. The summed E-state index contributed by atoms with van der Waals surface area (Å²) in [6, 6.07) is 9.46. The summed E-state index contributed by atoms with van der Waals surface area (Å²) in [7, 11) is 0. The molecular formula is C16H19NO3. The molecule has 1 aromatic rings.